The van der Waals surface area contributed by atoms with Gasteiger partial charge < -0.3 is 15.3 Å². The topological polar surface area (TPSA) is 35.5 Å². The molecule has 0 aliphatic rings. The Balaban J connectivity index is 2.60. The molecule has 2 N–H and O–H groups in total. The second-order valence-electron chi connectivity index (χ2n) is 4.39. The fourth-order valence-electron chi connectivity index (χ4n) is 1.90. The van der Waals surface area contributed by atoms with Crippen molar-refractivity contribution in [1.29, 1.82) is 0 Å². The van der Waals surface area contributed by atoms with Crippen molar-refractivity contribution < 1.29 is 5.11 Å². The van der Waals surface area contributed by atoms with Gasteiger partial charge in [-0.2, -0.15) is 0 Å². The number of nitrogens with zero attached hydrogens (tertiary/aromatic N) is 1. The number of benzene rings is 1. The van der Waals surface area contributed by atoms with Crippen LogP contribution in [-0.4, -0.2) is 43.2 Å². The van der Waals surface area contributed by atoms with E-state index in [4.69, 9.17) is 0 Å². The molecule has 0 heterocycles. The van der Waals surface area contributed by atoms with Crippen LogP contribution in [0.3, 0.4) is 0 Å². The molecule has 0 spiro atoms. The molecule has 0 amide bonds. The molecule has 0 bridgehead atoms. The van der Waals surface area contributed by atoms with Gasteiger partial charge in [0.25, 0.3) is 0 Å². The summed E-state index contributed by atoms with van der Waals surface area (Å²) in [5, 5.41) is 12.9. The molecule has 90 valence electrons. The van der Waals surface area contributed by atoms with Gasteiger partial charge >= 0.3 is 0 Å². The first-order valence-electron chi connectivity index (χ1n) is 5.78. The molecular weight excluding hydrogens is 200 g/mol. The number of hydrogen-bond donors (Lipinski definition) is 2. The maximum Gasteiger partial charge on any atom is 0.115 e. The molecule has 1 atom stereocenters. The normalized spacial score (nSPS) is 13.0. The van der Waals surface area contributed by atoms with Crippen molar-refractivity contribution in [1.82, 2.24) is 10.2 Å². The Hall–Kier alpha value is -1.06. The third-order valence-electron chi connectivity index (χ3n) is 2.47. The standard InChI is InChI=1S/C13H22N2O/c1-4-14-12(10-15(2)3)8-11-6-5-7-13(16)9-11/h5-7,9,12,14,16H,4,8,10H2,1-3H3. The molecule has 3 heteroatoms. The Morgan fingerprint density at radius 2 is 2.12 bits per heavy atom. The number of phenolic OH excluding ortho intramolecular Hbond substituents is 1. The van der Waals surface area contributed by atoms with Crippen LogP contribution < -0.4 is 5.32 Å². The molecule has 1 unspecified atom stereocenters. The van der Waals surface area contributed by atoms with Gasteiger partial charge in [0, 0.05) is 12.6 Å². The maximum absolute atomic E-state index is 9.41. The maximum atomic E-state index is 9.41. The number of aromatic hydroxyl groups is 1. The van der Waals surface area contributed by atoms with E-state index in [1.165, 1.54) is 5.56 Å². The second-order valence-corrected chi connectivity index (χ2v) is 4.39. The first kappa shape index (κ1) is 13.0. The van der Waals surface area contributed by atoms with Crippen molar-refractivity contribution in [3.05, 3.63) is 29.8 Å². The van der Waals surface area contributed by atoms with E-state index in [2.05, 4.69) is 37.3 Å². The van der Waals surface area contributed by atoms with Crippen molar-refractivity contribution in [2.24, 2.45) is 0 Å². The van der Waals surface area contributed by atoms with Gasteiger partial charge in [-0.05, 0) is 44.8 Å². The fourth-order valence-corrected chi connectivity index (χ4v) is 1.90. The summed E-state index contributed by atoms with van der Waals surface area (Å²) in [5.41, 5.74) is 1.17. The number of nitrogens with one attached hydrogen (secondary N) is 1. The first-order valence-corrected chi connectivity index (χ1v) is 5.78. The van der Waals surface area contributed by atoms with Gasteiger partial charge in [-0.25, -0.2) is 0 Å². The van der Waals surface area contributed by atoms with Crippen LogP contribution in [0.5, 0.6) is 5.75 Å². The predicted octanol–water partition coefficient (Wildman–Crippen LogP) is 1.47. The smallest absolute Gasteiger partial charge is 0.115 e. The van der Waals surface area contributed by atoms with Crippen molar-refractivity contribution in [2.45, 2.75) is 19.4 Å². The van der Waals surface area contributed by atoms with E-state index >= 15 is 0 Å². The summed E-state index contributed by atoms with van der Waals surface area (Å²) in [4.78, 5) is 2.18. The lowest BCUT2D eigenvalue weighted by molar-refractivity contribution is 0.339. The lowest BCUT2D eigenvalue weighted by Gasteiger charge is -2.22. The highest BCUT2D eigenvalue weighted by Gasteiger charge is 2.09. The van der Waals surface area contributed by atoms with Crippen molar-refractivity contribution in [2.75, 3.05) is 27.2 Å². The van der Waals surface area contributed by atoms with E-state index in [1.807, 2.05) is 12.1 Å². The molecule has 1 rings (SSSR count). The lowest BCUT2D eigenvalue weighted by Crippen LogP contribution is -2.39. The highest BCUT2D eigenvalue weighted by molar-refractivity contribution is 5.27. The van der Waals surface area contributed by atoms with Gasteiger partial charge in [-0.15, -0.1) is 0 Å². The Labute approximate surface area is 98.1 Å². The highest BCUT2D eigenvalue weighted by atomic mass is 16.3. The van der Waals surface area contributed by atoms with Crippen LogP contribution in [0.1, 0.15) is 12.5 Å². The molecule has 0 aromatic heterocycles. The third-order valence-corrected chi connectivity index (χ3v) is 2.47. The average molecular weight is 222 g/mol. The molecule has 16 heavy (non-hydrogen) atoms. The molecule has 3 nitrogen and oxygen atoms in total. The van der Waals surface area contributed by atoms with Gasteiger partial charge in [0.1, 0.15) is 5.75 Å². The largest absolute Gasteiger partial charge is 0.508 e. The van der Waals surface area contributed by atoms with Gasteiger partial charge in [-0.3, -0.25) is 0 Å². The second kappa shape index (κ2) is 6.51. The zero-order valence-electron chi connectivity index (χ0n) is 10.4. The van der Waals surface area contributed by atoms with E-state index in [0.29, 0.717) is 11.8 Å². The van der Waals surface area contributed by atoms with E-state index in [-0.39, 0.29) is 0 Å². The van der Waals surface area contributed by atoms with E-state index in [1.54, 1.807) is 6.07 Å². The van der Waals surface area contributed by atoms with Crippen molar-refractivity contribution >= 4 is 0 Å². The van der Waals surface area contributed by atoms with Gasteiger partial charge in [0.05, 0.1) is 0 Å². The Morgan fingerprint density at radius 1 is 1.38 bits per heavy atom. The molecule has 1 aromatic rings. The number of likely N-dealkylation sites (N-methyl/N-ethyl adjacent to an activating group) is 2. The van der Waals surface area contributed by atoms with Gasteiger partial charge in [0.15, 0.2) is 0 Å². The summed E-state index contributed by atoms with van der Waals surface area (Å²) >= 11 is 0. The molecule has 0 fully saturated rings. The number of hydrogen-bond acceptors (Lipinski definition) is 3. The van der Waals surface area contributed by atoms with Crippen LogP contribution in [-0.2, 0) is 6.42 Å². The monoisotopic (exact) mass is 222 g/mol. The van der Waals surface area contributed by atoms with Crippen molar-refractivity contribution in [3.8, 4) is 5.75 Å². The molecule has 0 saturated heterocycles. The molecule has 0 radical (unpaired) electrons. The van der Waals surface area contributed by atoms with Crippen LogP contribution in [0, 0.1) is 0 Å². The number of phenols is 1. The third kappa shape index (κ3) is 4.64. The minimum absolute atomic E-state index is 0.345. The zero-order chi connectivity index (χ0) is 12.0. The quantitative estimate of drug-likeness (QED) is 0.765. The summed E-state index contributed by atoms with van der Waals surface area (Å²) in [6.45, 7) is 4.09. The summed E-state index contributed by atoms with van der Waals surface area (Å²) in [7, 11) is 4.15. The van der Waals surface area contributed by atoms with Crippen LogP contribution >= 0.6 is 0 Å². The van der Waals surface area contributed by atoms with Crippen LogP contribution in [0.15, 0.2) is 24.3 Å². The van der Waals surface area contributed by atoms with Gasteiger partial charge in [-0.1, -0.05) is 19.1 Å². The Kier molecular flexibility index (Phi) is 5.29. The summed E-state index contributed by atoms with van der Waals surface area (Å²) in [5.74, 6) is 0.345. The van der Waals surface area contributed by atoms with Crippen LogP contribution in [0.25, 0.3) is 0 Å². The number of rotatable bonds is 6. The minimum Gasteiger partial charge on any atom is -0.508 e. The SMILES string of the molecule is CCNC(Cc1cccc(O)c1)CN(C)C. The highest BCUT2D eigenvalue weighted by Crippen LogP contribution is 2.12. The fraction of sp³-hybridized carbons (Fsp3) is 0.538. The lowest BCUT2D eigenvalue weighted by atomic mass is 10.1. The summed E-state index contributed by atoms with van der Waals surface area (Å²) in [6, 6.07) is 7.92. The van der Waals surface area contributed by atoms with Crippen molar-refractivity contribution in [3.63, 3.8) is 0 Å². The summed E-state index contributed by atoms with van der Waals surface area (Å²) < 4.78 is 0. The molecule has 0 aliphatic carbocycles. The Bertz CT molecular complexity index is 313. The van der Waals surface area contributed by atoms with E-state index < -0.39 is 0 Å². The molecule has 1 aromatic carbocycles. The van der Waals surface area contributed by atoms with Crippen LogP contribution in [0.4, 0.5) is 0 Å². The summed E-state index contributed by atoms with van der Waals surface area (Å²) in [6.07, 6.45) is 0.945. The zero-order valence-corrected chi connectivity index (χ0v) is 10.4. The average Bonchev–Trinajstić information content (AvgIpc) is 2.16. The van der Waals surface area contributed by atoms with Crippen LogP contribution in [0.2, 0.25) is 0 Å². The molecule has 0 saturated carbocycles. The Morgan fingerprint density at radius 3 is 2.69 bits per heavy atom. The molecular formula is C13H22N2O. The predicted molar refractivity (Wildman–Crippen MR) is 67.8 cm³/mol. The molecule has 0 aliphatic heterocycles. The van der Waals surface area contributed by atoms with E-state index in [9.17, 15) is 5.11 Å². The van der Waals surface area contributed by atoms with Gasteiger partial charge in [0.2, 0.25) is 0 Å². The first-order chi connectivity index (χ1) is 7.61. The van der Waals surface area contributed by atoms with E-state index in [0.717, 1.165) is 19.5 Å². The minimum atomic E-state index is 0.345.